The molecule has 2 rings (SSSR count). The Balaban J connectivity index is 1.91. The lowest BCUT2D eigenvalue weighted by Crippen LogP contribution is -2.33. The summed E-state index contributed by atoms with van der Waals surface area (Å²) in [4.78, 5) is 12.1. The molecule has 0 radical (unpaired) electrons. The minimum Gasteiger partial charge on any atom is -0.497 e. The molecule has 1 amide bonds. The van der Waals surface area contributed by atoms with Crippen LogP contribution in [-0.4, -0.2) is 30.8 Å². The molecule has 1 fully saturated rings. The highest BCUT2D eigenvalue weighted by molar-refractivity contribution is 5.99. The molecule has 1 aliphatic rings. The van der Waals surface area contributed by atoms with Crippen LogP contribution in [0.4, 0.5) is 5.69 Å². The van der Waals surface area contributed by atoms with Crippen LogP contribution in [-0.2, 0) is 0 Å². The summed E-state index contributed by atoms with van der Waals surface area (Å²) in [5.74, 6) is 0.807. The molecule has 1 aromatic rings. The Bertz CT molecular complexity index is 476. The van der Waals surface area contributed by atoms with Crippen molar-refractivity contribution in [3.05, 3.63) is 23.8 Å². The third-order valence-electron chi connectivity index (χ3n) is 3.81. The molecular weight excluding hydrogens is 256 g/mol. The fourth-order valence-electron chi connectivity index (χ4n) is 2.65. The van der Waals surface area contributed by atoms with Crippen LogP contribution < -0.4 is 15.8 Å². The van der Waals surface area contributed by atoms with E-state index in [1.54, 1.807) is 25.3 Å². The number of benzene rings is 1. The topological polar surface area (TPSA) is 84.6 Å². The Morgan fingerprint density at radius 1 is 1.50 bits per heavy atom. The third kappa shape index (κ3) is 3.63. The number of carbonyl (C=O) groups excluding carboxylic acids is 1. The van der Waals surface area contributed by atoms with Crippen molar-refractivity contribution in [2.75, 3.05) is 19.4 Å². The molecule has 4 N–H and O–H groups in total. The average Bonchev–Trinajstić information content (AvgIpc) is 2.44. The predicted molar refractivity (Wildman–Crippen MR) is 77.7 cm³/mol. The molecule has 110 valence electrons. The summed E-state index contributed by atoms with van der Waals surface area (Å²) in [5.41, 5.74) is 6.72. The summed E-state index contributed by atoms with van der Waals surface area (Å²) < 4.78 is 5.06. The van der Waals surface area contributed by atoms with Gasteiger partial charge in [0, 0.05) is 18.3 Å². The van der Waals surface area contributed by atoms with Crippen LogP contribution in [0, 0.1) is 5.92 Å². The minimum absolute atomic E-state index is 0.176. The van der Waals surface area contributed by atoms with E-state index < -0.39 is 0 Å². The highest BCUT2D eigenvalue weighted by atomic mass is 16.5. The fraction of sp³-hybridized carbons (Fsp3) is 0.533. The van der Waals surface area contributed by atoms with Gasteiger partial charge in [0.1, 0.15) is 5.75 Å². The number of aliphatic hydroxyl groups is 1. The Kier molecular flexibility index (Phi) is 4.84. The van der Waals surface area contributed by atoms with Crippen LogP contribution in [0.5, 0.6) is 5.75 Å². The number of hydrogen-bond donors (Lipinski definition) is 3. The Morgan fingerprint density at radius 3 is 2.95 bits per heavy atom. The zero-order chi connectivity index (χ0) is 14.5. The van der Waals surface area contributed by atoms with Crippen LogP contribution >= 0.6 is 0 Å². The van der Waals surface area contributed by atoms with E-state index in [-0.39, 0.29) is 12.0 Å². The summed E-state index contributed by atoms with van der Waals surface area (Å²) in [6.45, 7) is 0.585. The molecule has 2 atom stereocenters. The van der Waals surface area contributed by atoms with Gasteiger partial charge in [0.25, 0.3) is 5.91 Å². The first-order valence-electron chi connectivity index (χ1n) is 7.00. The van der Waals surface area contributed by atoms with Gasteiger partial charge < -0.3 is 20.9 Å². The van der Waals surface area contributed by atoms with Crippen molar-refractivity contribution < 1.29 is 14.6 Å². The number of rotatable bonds is 4. The van der Waals surface area contributed by atoms with E-state index in [0.29, 0.717) is 29.5 Å². The van der Waals surface area contributed by atoms with E-state index in [1.807, 2.05) is 0 Å². The quantitative estimate of drug-likeness (QED) is 0.730. The van der Waals surface area contributed by atoms with Gasteiger partial charge in [-0.1, -0.05) is 6.42 Å². The summed E-state index contributed by atoms with van der Waals surface area (Å²) in [7, 11) is 1.56. The smallest absolute Gasteiger partial charge is 0.253 e. The van der Waals surface area contributed by atoms with Crippen molar-refractivity contribution in [3.8, 4) is 5.75 Å². The second kappa shape index (κ2) is 6.61. The van der Waals surface area contributed by atoms with Crippen molar-refractivity contribution in [3.63, 3.8) is 0 Å². The maximum Gasteiger partial charge on any atom is 0.253 e. The van der Waals surface area contributed by atoms with Crippen molar-refractivity contribution >= 4 is 11.6 Å². The van der Waals surface area contributed by atoms with Crippen LogP contribution in [0.2, 0.25) is 0 Å². The molecule has 0 bridgehead atoms. The number of ether oxygens (including phenoxy) is 1. The number of nitrogens with two attached hydrogens (primary N) is 1. The van der Waals surface area contributed by atoms with Crippen LogP contribution in [0.3, 0.4) is 0 Å². The molecule has 1 aliphatic carbocycles. The van der Waals surface area contributed by atoms with Gasteiger partial charge in [0.05, 0.1) is 18.8 Å². The summed E-state index contributed by atoms with van der Waals surface area (Å²) in [6.07, 6.45) is 3.48. The highest BCUT2D eigenvalue weighted by Gasteiger charge is 2.21. The molecule has 2 unspecified atom stereocenters. The van der Waals surface area contributed by atoms with Gasteiger partial charge in [0.15, 0.2) is 0 Å². The number of anilines is 1. The number of hydrogen-bond acceptors (Lipinski definition) is 4. The minimum atomic E-state index is -0.225. The largest absolute Gasteiger partial charge is 0.497 e. The Hall–Kier alpha value is -1.75. The lowest BCUT2D eigenvalue weighted by molar-refractivity contribution is 0.0874. The molecule has 0 saturated heterocycles. The summed E-state index contributed by atoms with van der Waals surface area (Å²) >= 11 is 0. The molecule has 0 aromatic heterocycles. The van der Waals surface area contributed by atoms with E-state index in [2.05, 4.69) is 5.32 Å². The standard InChI is InChI=1S/C15H22N2O3/c1-20-12-5-6-13(14(16)8-12)15(19)17-9-10-3-2-4-11(18)7-10/h5-6,8,10-11,18H,2-4,7,9,16H2,1H3,(H,17,19). The average molecular weight is 278 g/mol. The fourth-order valence-corrected chi connectivity index (χ4v) is 2.65. The van der Waals surface area contributed by atoms with Gasteiger partial charge in [-0.3, -0.25) is 4.79 Å². The SMILES string of the molecule is COc1ccc(C(=O)NCC2CCCC(O)C2)c(N)c1. The van der Waals surface area contributed by atoms with E-state index in [0.717, 1.165) is 25.7 Å². The van der Waals surface area contributed by atoms with Crippen molar-refractivity contribution in [2.24, 2.45) is 5.92 Å². The first-order valence-corrected chi connectivity index (χ1v) is 7.00. The Labute approximate surface area is 119 Å². The summed E-state index contributed by atoms with van der Waals surface area (Å²) in [6, 6.07) is 5.02. The summed E-state index contributed by atoms with van der Waals surface area (Å²) in [5, 5.41) is 12.5. The molecule has 1 saturated carbocycles. The molecule has 0 heterocycles. The zero-order valence-corrected chi connectivity index (χ0v) is 11.8. The van der Waals surface area contributed by atoms with Crippen LogP contribution in [0.25, 0.3) is 0 Å². The molecule has 5 heteroatoms. The number of methoxy groups -OCH3 is 1. The lowest BCUT2D eigenvalue weighted by atomic mass is 9.87. The number of nitrogen functional groups attached to an aromatic ring is 1. The number of carbonyl (C=O) groups is 1. The number of aliphatic hydroxyl groups excluding tert-OH is 1. The van der Waals surface area contributed by atoms with E-state index in [9.17, 15) is 9.90 Å². The molecule has 0 spiro atoms. The molecule has 0 aliphatic heterocycles. The van der Waals surface area contributed by atoms with Gasteiger partial charge >= 0.3 is 0 Å². The normalized spacial score (nSPS) is 22.3. The van der Waals surface area contributed by atoms with Gasteiger partial charge in [-0.05, 0) is 37.3 Å². The van der Waals surface area contributed by atoms with Crippen molar-refractivity contribution in [1.29, 1.82) is 0 Å². The Morgan fingerprint density at radius 2 is 2.30 bits per heavy atom. The molecule has 5 nitrogen and oxygen atoms in total. The zero-order valence-electron chi connectivity index (χ0n) is 11.8. The van der Waals surface area contributed by atoms with Gasteiger partial charge in [0.2, 0.25) is 0 Å². The molecule has 1 aromatic carbocycles. The maximum absolute atomic E-state index is 12.1. The second-order valence-corrected chi connectivity index (χ2v) is 5.35. The van der Waals surface area contributed by atoms with Crippen molar-refractivity contribution in [1.82, 2.24) is 5.32 Å². The number of amides is 1. The predicted octanol–water partition coefficient (Wildman–Crippen LogP) is 1.56. The van der Waals surface area contributed by atoms with E-state index in [1.165, 1.54) is 0 Å². The highest BCUT2D eigenvalue weighted by Crippen LogP contribution is 2.24. The van der Waals surface area contributed by atoms with Crippen LogP contribution in [0.15, 0.2) is 18.2 Å². The van der Waals surface area contributed by atoms with Gasteiger partial charge in [-0.25, -0.2) is 0 Å². The third-order valence-corrected chi connectivity index (χ3v) is 3.81. The van der Waals surface area contributed by atoms with Crippen LogP contribution in [0.1, 0.15) is 36.0 Å². The first kappa shape index (κ1) is 14.7. The molecular formula is C15H22N2O3. The lowest BCUT2D eigenvalue weighted by Gasteiger charge is -2.26. The van der Waals surface area contributed by atoms with Crippen molar-refractivity contribution in [2.45, 2.75) is 31.8 Å². The second-order valence-electron chi connectivity index (χ2n) is 5.35. The first-order chi connectivity index (χ1) is 9.60. The van der Waals surface area contributed by atoms with Gasteiger partial charge in [-0.15, -0.1) is 0 Å². The molecule has 20 heavy (non-hydrogen) atoms. The maximum atomic E-state index is 12.1. The van der Waals surface area contributed by atoms with E-state index >= 15 is 0 Å². The van der Waals surface area contributed by atoms with E-state index in [4.69, 9.17) is 10.5 Å². The monoisotopic (exact) mass is 278 g/mol. The van der Waals surface area contributed by atoms with Gasteiger partial charge in [-0.2, -0.15) is 0 Å². The number of nitrogens with one attached hydrogen (secondary N) is 1.